The largest absolute Gasteiger partial charge is 0.352 e. The second-order valence-corrected chi connectivity index (χ2v) is 7.82. The van der Waals surface area contributed by atoms with Crippen molar-refractivity contribution in [1.29, 1.82) is 0 Å². The molecule has 1 N–H and O–H groups in total. The first-order valence-electron chi connectivity index (χ1n) is 8.82. The molecule has 0 bridgehead atoms. The van der Waals surface area contributed by atoms with Crippen molar-refractivity contribution in [2.45, 2.75) is 51.6 Å². The first kappa shape index (κ1) is 15.9. The Labute approximate surface area is 151 Å². The molecule has 0 unspecified atom stereocenters. The first-order chi connectivity index (χ1) is 11.7. The normalized spacial score (nSPS) is 17.8. The van der Waals surface area contributed by atoms with E-state index in [0.717, 1.165) is 41.4 Å². The minimum absolute atomic E-state index is 0.541. The molecule has 1 aliphatic carbocycles. The monoisotopic (exact) mass is 386 g/mol. The number of nitrogens with zero attached hydrogens (tertiary/aromatic N) is 3. The van der Waals surface area contributed by atoms with Gasteiger partial charge in [0.1, 0.15) is 5.82 Å². The minimum atomic E-state index is 0.541. The molecule has 0 spiro atoms. The van der Waals surface area contributed by atoms with Crippen LogP contribution in [-0.2, 0) is 13.0 Å². The van der Waals surface area contributed by atoms with Gasteiger partial charge in [0.25, 0.3) is 0 Å². The Kier molecular flexibility index (Phi) is 4.44. The lowest BCUT2D eigenvalue weighted by Gasteiger charge is -2.30. The molecular formula is C19H23BrN4. The number of benzene rings is 1. The van der Waals surface area contributed by atoms with Crippen LogP contribution < -0.4 is 10.2 Å². The van der Waals surface area contributed by atoms with Crippen molar-refractivity contribution in [3.63, 3.8) is 0 Å². The van der Waals surface area contributed by atoms with Gasteiger partial charge >= 0.3 is 0 Å². The van der Waals surface area contributed by atoms with Gasteiger partial charge in [0.2, 0.25) is 5.95 Å². The molecule has 4 nitrogen and oxygen atoms in total. The summed E-state index contributed by atoms with van der Waals surface area (Å²) in [5.74, 6) is 1.83. The minimum Gasteiger partial charge on any atom is -0.352 e. The third kappa shape index (κ3) is 3.41. The van der Waals surface area contributed by atoms with Gasteiger partial charge in [-0.2, -0.15) is 4.98 Å². The highest BCUT2D eigenvalue weighted by atomic mass is 79.9. The number of anilines is 2. The number of hydrogen-bond donors (Lipinski definition) is 1. The summed E-state index contributed by atoms with van der Waals surface area (Å²) in [5.41, 5.74) is 3.86. The maximum Gasteiger partial charge on any atom is 0.225 e. The van der Waals surface area contributed by atoms with Crippen LogP contribution in [0.25, 0.3) is 0 Å². The van der Waals surface area contributed by atoms with Crippen LogP contribution in [0.4, 0.5) is 11.8 Å². The Balaban J connectivity index is 1.55. The fourth-order valence-electron chi connectivity index (χ4n) is 3.75. The molecule has 1 saturated carbocycles. The predicted molar refractivity (Wildman–Crippen MR) is 102 cm³/mol. The van der Waals surface area contributed by atoms with Gasteiger partial charge in [-0.05, 0) is 49.4 Å². The van der Waals surface area contributed by atoms with Gasteiger partial charge in [-0.25, -0.2) is 4.98 Å². The van der Waals surface area contributed by atoms with Crippen LogP contribution in [0.15, 0.2) is 28.7 Å². The summed E-state index contributed by atoms with van der Waals surface area (Å²) in [6, 6.07) is 9.23. The quantitative estimate of drug-likeness (QED) is 0.844. The Bertz CT molecular complexity index is 740. The van der Waals surface area contributed by atoms with Gasteiger partial charge in [-0.1, -0.05) is 34.8 Å². The van der Waals surface area contributed by atoms with Crippen molar-refractivity contribution in [2.75, 3.05) is 16.8 Å². The third-order valence-corrected chi connectivity index (χ3v) is 5.53. The SMILES string of the molecule is Cc1cc(N2CCc3cc(Br)ccc3C2)nc(NC2CCCC2)n1. The molecule has 2 aliphatic rings. The van der Waals surface area contributed by atoms with E-state index in [0.29, 0.717) is 6.04 Å². The third-order valence-electron chi connectivity index (χ3n) is 5.03. The summed E-state index contributed by atoms with van der Waals surface area (Å²) in [4.78, 5) is 11.8. The molecule has 2 aromatic rings. The fourth-order valence-corrected chi connectivity index (χ4v) is 4.16. The zero-order chi connectivity index (χ0) is 16.5. The van der Waals surface area contributed by atoms with Crippen LogP contribution in [0.3, 0.4) is 0 Å². The summed E-state index contributed by atoms with van der Waals surface area (Å²) >= 11 is 3.57. The number of hydrogen-bond acceptors (Lipinski definition) is 4. The molecule has 1 aliphatic heterocycles. The van der Waals surface area contributed by atoms with E-state index in [2.05, 4.69) is 62.3 Å². The molecule has 0 saturated heterocycles. The second kappa shape index (κ2) is 6.71. The zero-order valence-corrected chi connectivity index (χ0v) is 15.6. The lowest BCUT2D eigenvalue weighted by molar-refractivity contribution is 0.711. The van der Waals surface area contributed by atoms with Gasteiger partial charge in [-0.15, -0.1) is 0 Å². The molecule has 126 valence electrons. The molecule has 1 aromatic carbocycles. The molecule has 2 heterocycles. The van der Waals surface area contributed by atoms with Gasteiger partial charge in [0.05, 0.1) is 0 Å². The lowest BCUT2D eigenvalue weighted by Crippen LogP contribution is -2.31. The van der Waals surface area contributed by atoms with Crippen molar-refractivity contribution in [2.24, 2.45) is 0 Å². The van der Waals surface area contributed by atoms with E-state index in [4.69, 9.17) is 4.98 Å². The van der Waals surface area contributed by atoms with Crippen molar-refractivity contribution in [3.05, 3.63) is 45.6 Å². The van der Waals surface area contributed by atoms with Crippen LogP contribution in [0.2, 0.25) is 0 Å². The number of halogens is 1. The van der Waals surface area contributed by atoms with E-state index in [1.807, 2.05) is 0 Å². The van der Waals surface area contributed by atoms with Crippen LogP contribution in [-0.4, -0.2) is 22.6 Å². The average molecular weight is 387 g/mol. The predicted octanol–water partition coefficient (Wildman–Crippen LogP) is 4.46. The summed E-state index contributed by atoms with van der Waals surface area (Å²) in [6.45, 7) is 3.98. The van der Waals surface area contributed by atoms with Crippen molar-refractivity contribution in [1.82, 2.24) is 9.97 Å². The fraction of sp³-hybridized carbons (Fsp3) is 0.474. The number of rotatable bonds is 3. The van der Waals surface area contributed by atoms with E-state index in [9.17, 15) is 0 Å². The van der Waals surface area contributed by atoms with E-state index in [1.54, 1.807) is 0 Å². The first-order valence-corrected chi connectivity index (χ1v) is 9.61. The van der Waals surface area contributed by atoms with E-state index >= 15 is 0 Å². The highest BCUT2D eigenvalue weighted by molar-refractivity contribution is 9.10. The van der Waals surface area contributed by atoms with E-state index < -0.39 is 0 Å². The van der Waals surface area contributed by atoms with E-state index in [-0.39, 0.29) is 0 Å². The van der Waals surface area contributed by atoms with Gasteiger partial charge in [-0.3, -0.25) is 0 Å². The zero-order valence-electron chi connectivity index (χ0n) is 14.1. The van der Waals surface area contributed by atoms with E-state index in [1.165, 1.54) is 36.8 Å². The maximum absolute atomic E-state index is 4.81. The standard InChI is InChI=1S/C19H23BrN4/c1-13-10-18(23-19(21-13)22-17-4-2-3-5-17)24-9-8-14-11-16(20)7-6-15(14)12-24/h6-7,10-11,17H,2-5,8-9,12H2,1H3,(H,21,22,23). The topological polar surface area (TPSA) is 41.1 Å². The molecule has 1 fully saturated rings. The summed E-state index contributed by atoms with van der Waals surface area (Å²) in [6.07, 6.45) is 6.16. The van der Waals surface area contributed by atoms with Crippen molar-refractivity contribution in [3.8, 4) is 0 Å². The molecule has 1 aromatic heterocycles. The van der Waals surface area contributed by atoms with Crippen molar-refractivity contribution < 1.29 is 0 Å². The Morgan fingerprint density at radius 3 is 2.79 bits per heavy atom. The average Bonchev–Trinajstić information content (AvgIpc) is 3.06. The second-order valence-electron chi connectivity index (χ2n) is 6.90. The molecule has 5 heteroatoms. The van der Waals surface area contributed by atoms with Crippen LogP contribution in [0.5, 0.6) is 0 Å². The molecule has 0 atom stereocenters. The Hall–Kier alpha value is -1.62. The number of nitrogens with one attached hydrogen (secondary N) is 1. The van der Waals surface area contributed by atoms with Crippen LogP contribution in [0.1, 0.15) is 42.5 Å². The van der Waals surface area contributed by atoms with Gasteiger partial charge < -0.3 is 10.2 Å². The molecule has 0 amide bonds. The summed E-state index contributed by atoms with van der Waals surface area (Å²) in [5, 5.41) is 3.53. The number of aromatic nitrogens is 2. The highest BCUT2D eigenvalue weighted by Crippen LogP contribution is 2.27. The molecule has 0 radical (unpaired) electrons. The molecular weight excluding hydrogens is 364 g/mol. The summed E-state index contributed by atoms with van der Waals surface area (Å²) < 4.78 is 1.16. The van der Waals surface area contributed by atoms with Gasteiger partial charge in [0, 0.05) is 35.4 Å². The highest BCUT2D eigenvalue weighted by Gasteiger charge is 2.20. The molecule has 24 heavy (non-hydrogen) atoms. The lowest BCUT2D eigenvalue weighted by atomic mass is 10.00. The number of fused-ring (bicyclic) bond motifs is 1. The Morgan fingerprint density at radius 2 is 1.96 bits per heavy atom. The van der Waals surface area contributed by atoms with Crippen LogP contribution >= 0.6 is 15.9 Å². The smallest absolute Gasteiger partial charge is 0.225 e. The summed E-state index contributed by atoms with van der Waals surface area (Å²) in [7, 11) is 0. The van der Waals surface area contributed by atoms with Crippen molar-refractivity contribution >= 4 is 27.7 Å². The van der Waals surface area contributed by atoms with Crippen LogP contribution in [0, 0.1) is 6.92 Å². The Morgan fingerprint density at radius 1 is 1.12 bits per heavy atom. The number of aryl methyl sites for hydroxylation is 1. The van der Waals surface area contributed by atoms with Gasteiger partial charge in [0.15, 0.2) is 0 Å². The maximum atomic E-state index is 4.81. The molecule has 4 rings (SSSR count).